The van der Waals surface area contributed by atoms with Crippen LogP contribution in [-0.4, -0.2) is 33.9 Å². The second kappa shape index (κ2) is 7.06. The van der Waals surface area contributed by atoms with Crippen molar-refractivity contribution in [3.63, 3.8) is 0 Å². The Morgan fingerprint density at radius 1 is 1.32 bits per heavy atom. The Balaban J connectivity index is 1.68. The van der Waals surface area contributed by atoms with Crippen LogP contribution in [0.25, 0.3) is 10.2 Å². The molecule has 2 heterocycles. The van der Waals surface area contributed by atoms with E-state index in [2.05, 4.69) is 9.97 Å². The van der Waals surface area contributed by atoms with Crippen molar-refractivity contribution in [2.24, 2.45) is 0 Å². The van der Waals surface area contributed by atoms with Crippen molar-refractivity contribution in [2.45, 2.75) is 26.5 Å². The lowest BCUT2D eigenvalue weighted by molar-refractivity contribution is -0.137. The first-order valence-corrected chi connectivity index (χ1v) is 8.76. The van der Waals surface area contributed by atoms with Gasteiger partial charge in [0.2, 0.25) is 0 Å². The Morgan fingerprint density at radius 2 is 2.04 bits per heavy atom. The van der Waals surface area contributed by atoms with E-state index in [1.54, 1.807) is 20.0 Å². The van der Waals surface area contributed by atoms with Gasteiger partial charge in [0, 0.05) is 7.05 Å². The van der Waals surface area contributed by atoms with Crippen molar-refractivity contribution in [1.29, 1.82) is 0 Å². The van der Waals surface area contributed by atoms with E-state index in [4.69, 9.17) is 4.74 Å². The monoisotopic (exact) mass is 357 g/mol. The standard InChI is InChI=1S/C18H19N3O3S/c1-11-4-6-13(7-5-11)24-12(2)18(23)21(3)10-15-19-14-8-9-25-16(14)17(22)20-15/h4-9,12H,10H2,1-3H3,(H,19,20,22)/t12-/m1/s1. The van der Waals surface area contributed by atoms with Crippen LogP contribution in [0, 0.1) is 6.92 Å². The molecule has 1 atom stereocenters. The Hall–Kier alpha value is -2.67. The molecule has 0 aliphatic rings. The van der Waals surface area contributed by atoms with Crippen molar-refractivity contribution < 1.29 is 9.53 Å². The van der Waals surface area contributed by atoms with E-state index in [0.717, 1.165) is 5.56 Å². The zero-order valence-corrected chi connectivity index (χ0v) is 15.1. The second-order valence-electron chi connectivity index (χ2n) is 5.92. The number of ether oxygens (including phenoxy) is 1. The van der Waals surface area contributed by atoms with Gasteiger partial charge >= 0.3 is 0 Å². The number of likely N-dealkylation sites (N-methyl/N-ethyl adjacent to an activating group) is 1. The highest BCUT2D eigenvalue weighted by molar-refractivity contribution is 7.17. The van der Waals surface area contributed by atoms with Gasteiger partial charge in [-0.2, -0.15) is 0 Å². The molecule has 7 heteroatoms. The molecule has 0 fully saturated rings. The summed E-state index contributed by atoms with van der Waals surface area (Å²) in [5.74, 6) is 0.911. The molecule has 1 N–H and O–H groups in total. The molecule has 0 aliphatic carbocycles. The minimum Gasteiger partial charge on any atom is -0.481 e. The first-order chi connectivity index (χ1) is 11.9. The molecule has 0 radical (unpaired) electrons. The van der Waals surface area contributed by atoms with E-state index in [9.17, 15) is 9.59 Å². The molecule has 2 aromatic heterocycles. The first-order valence-electron chi connectivity index (χ1n) is 7.89. The van der Waals surface area contributed by atoms with Crippen LogP contribution in [0.4, 0.5) is 0 Å². The maximum Gasteiger partial charge on any atom is 0.268 e. The quantitative estimate of drug-likeness (QED) is 0.762. The van der Waals surface area contributed by atoms with Crippen molar-refractivity contribution in [3.8, 4) is 5.75 Å². The van der Waals surface area contributed by atoms with Gasteiger partial charge < -0.3 is 14.6 Å². The number of carbonyl (C=O) groups excluding carboxylic acids is 1. The highest BCUT2D eigenvalue weighted by Gasteiger charge is 2.20. The maximum atomic E-state index is 12.5. The molecule has 0 saturated heterocycles. The van der Waals surface area contributed by atoms with Crippen LogP contribution in [0.1, 0.15) is 18.3 Å². The summed E-state index contributed by atoms with van der Waals surface area (Å²) >= 11 is 1.35. The molecule has 0 spiro atoms. The highest BCUT2D eigenvalue weighted by Crippen LogP contribution is 2.16. The van der Waals surface area contributed by atoms with E-state index < -0.39 is 6.10 Å². The van der Waals surface area contributed by atoms with E-state index in [1.807, 2.05) is 36.6 Å². The number of fused-ring (bicyclic) bond motifs is 1. The number of H-pyrrole nitrogens is 1. The van der Waals surface area contributed by atoms with Crippen LogP contribution in [0.5, 0.6) is 5.75 Å². The Morgan fingerprint density at radius 3 is 2.76 bits per heavy atom. The molecular formula is C18H19N3O3S. The number of nitrogens with one attached hydrogen (secondary N) is 1. The Labute approximate surface area is 149 Å². The molecule has 1 amide bonds. The molecule has 0 unspecified atom stereocenters. The third kappa shape index (κ3) is 3.88. The summed E-state index contributed by atoms with van der Waals surface area (Å²) in [7, 11) is 1.66. The summed E-state index contributed by atoms with van der Waals surface area (Å²) in [6.07, 6.45) is -0.635. The number of carbonyl (C=O) groups is 1. The number of thiophene rings is 1. The third-order valence-corrected chi connectivity index (χ3v) is 4.71. The van der Waals surface area contributed by atoms with Gasteiger partial charge in [0.05, 0.1) is 12.1 Å². The normalized spacial score (nSPS) is 12.1. The number of nitrogens with zero attached hydrogens (tertiary/aromatic N) is 2. The third-order valence-electron chi connectivity index (χ3n) is 3.81. The van der Waals surface area contributed by atoms with Gasteiger partial charge in [0.25, 0.3) is 11.5 Å². The zero-order valence-electron chi connectivity index (χ0n) is 14.3. The fourth-order valence-corrected chi connectivity index (χ4v) is 3.21. The summed E-state index contributed by atoms with van der Waals surface area (Å²) < 4.78 is 6.28. The highest BCUT2D eigenvalue weighted by atomic mass is 32.1. The van der Waals surface area contributed by atoms with Crippen molar-refractivity contribution in [3.05, 3.63) is 57.5 Å². The molecule has 6 nitrogen and oxygen atoms in total. The molecule has 0 bridgehead atoms. The lowest BCUT2D eigenvalue weighted by atomic mass is 10.2. The Kier molecular flexibility index (Phi) is 4.85. The number of aryl methyl sites for hydroxylation is 1. The molecule has 130 valence electrons. The average molecular weight is 357 g/mol. The predicted molar refractivity (Wildman–Crippen MR) is 98.0 cm³/mol. The van der Waals surface area contributed by atoms with Crippen molar-refractivity contribution in [2.75, 3.05) is 7.05 Å². The fourth-order valence-electron chi connectivity index (χ4n) is 2.48. The minimum absolute atomic E-state index is 0.181. The summed E-state index contributed by atoms with van der Waals surface area (Å²) in [4.78, 5) is 33.1. The largest absolute Gasteiger partial charge is 0.481 e. The van der Waals surface area contributed by atoms with Crippen LogP contribution in [0.3, 0.4) is 0 Å². The smallest absolute Gasteiger partial charge is 0.268 e. The second-order valence-corrected chi connectivity index (χ2v) is 6.83. The topological polar surface area (TPSA) is 75.3 Å². The molecule has 3 aromatic rings. The van der Waals surface area contributed by atoms with E-state index in [1.165, 1.54) is 16.2 Å². The van der Waals surface area contributed by atoms with Gasteiger partial charge in [0.1, 0.15) is 16.3 Å². The van der Waals surface area contributed by atoms with Crippen LogP contribution in [0.2, 0.25) is 0 Å². The molecule has 0 aliphatic heterocycles. The number of rotatable bonds is 5. The lowest BCUT2D eigenvalue weighted by Gasteiger charge is -2.21. The molecule has 3 rings (SSSR count). The van der Waals surface area contributed by atoms with Gasteiger partial charge in [-0.15, -0.1) is 11.3 Å². The number of aromatic amines is 1. The number of amides is 1. The maximum absolute atomic E-state index is 12.5. The van der Waals surface area contributed by atoms with Gasteiger partial charge in [-0.3, -0.25) is 9.59 Å². The van der Waals surface area contributed by atoms with E-state index >= 15 is 0 Å². The lowest BCUT2D eigenvalue weighted by Crippen LogP contribution is -2.38. The van der Waals surface area contributed by atoms with Crippen molar-refractivity contribution in [1.82, 2.24) is 14.9 Å². The number of hydrogen-bond acceptors (Lipinski definition) is 5. The van der Waals surface area contributed by atoms with Gasteiger partial charge in [-0.05, 0) is 37.4 Å². The van der Waals surface area contributed by atoms with Gasteiger partial charge in [-0.25, -0.2) is 4.98 Å². The SMILES string of the molecule is Cc1ccc(O[C@H](C)C(=O)N(C)Cc2nc3ccsc3c(=O)[nH]2)cc1. The molecular weight excluding hydrogens is 338 g/mol. The van der Waals surface area contributed by atoms with Crippen LogP contribution < -0.4 is 10.3 Å². The summed E-state index contributed by atoms with van der Waals surface area (Å²) in [5.41, 5.74) is 1.59. The molecule has 1 aromatic carbocycles. The fraction of sp³-hybridized carbons (Fsp3) is 0.278. The van der Waals surface area contributed by atoms with Gasteiger partial charge in [0.15, 0.2) is 6.10 Å². The number of hydrogen-bond donors (Lipinski definition) is 1. The predicted octanol–water partition coefficient (Wildman–Crippen LogP) is 2.72. The van der Waals surface area contributed by atoms with Crippen LogP contribution in [-0.2, 0) is 11.3 Å². The minimum atomic E-state index is -0.635. The zero-order chi connectivity index (χ0) is 18.0. The van der Waals surface area contributed by atoms with Crippen LogP contribution in [0.15, 0.2) is 40.5 Å². The Bertz CT molecular complexity index is 946. The van der Waals surface area contributed by atoms with E-state index in [-0.39, 0.29) is 18.0 Å². The summed E-state index contributed by atoms with van der Waals surface area (Å²) in [6.45, 7) is 3.91. The summed E-state index contributed by atoms with van der Waals surface area (Å²) in [5, 5.41) is 1.82. The van der Waals surface area contributed by atoms with Crippen LogP contribution >= 0.6 is 11.3 Å². The summed E-state index contributed by atoms with van der Waals surface area (Å²) in [6, 6.07) is 9.33. The molecule has 0 saturated carbocycles. The number of benzene rings is 1. The number of aromatic nitrogens is 2. The first kappa shape index (κ1) is 17.2. The van der Waals surface area contributed by atoms with E-state index in [0.29, 0.717) is 21.8 Å². The average Bonchev–Trinajstić information content (AvgIpc) is 3.05. The molecule has 25 heavy (non-hydrogen) atoms. The van der Waals surface area contributed by atoms with Gasteiger partial charge in [-0.1, -0.05) is 17.7 Å². The van der Waals surface area contributed by atoms with Crippen molar-refractivity contribution >= 4 is 27.5 Å².